The van der Waals surface area contributed by atoms with E-state index >= 15 is 0 Å². The van der Waals surface area contributed by atoms with Crippen molar-refractivity contribution < 1.29 is 19.1 Å². The Labute approximate surface area is 150 Å². The van der Waals surface area contributed by atoms with E-state index in [9.17, 15) is 9.90 Å². The maximum atomic E-state index is 13.1. The molecule has 0 fully saturated rings. The summed E-state index contributed by atoms with van der Waals surface area (Å²) in [6.07, 6.45) is 1.01. The Balaban J connectivity index is 1.81. The number of nitrogens with zero attached hydrogens (tertiary/aromatic N) is 1. The average Bonchev–Trinajstić information content (AvgIpc) is 3.17. The molecule has 1 amide bonds. The van der Waals surface area contributed by atoms with Gasteiger partial charge in [-0.25, -0.2) is 0 Å². The summed E-state index contributed by atoms with van der Waals surface area (Å²) in [7, 11) is 1.49. The predicted molar refractivity (Wildman–Crippen MR) is 96.0 cm³/mol. The van der Waals surface area contributed by atoms with E-state index in [2.05, 4.69) is 5.32 Å². The van der Waals surface area contributed by atoms with Crippen molar-refractivity contribution in [3.63, 3.8) is 0 Å². The van der Waals surface area contributed by atoms with Gasteiger partial charge < -0.3 is 24.5 Å². The highest BCUT2D eigenvalue weighted by molar-refractivity contribution is 6.01. The van der Waals surface area contributed by atoms with Crippen LogP contribution in [0.15, 0.2) is 65.3 Å². The van der Waals surface area contributed by atoms with Gasteiger partial charge in [0.25, 0.3) is 5.91 Å². The molecule has 6 heteroatoms. The number of carbonyl (C=O) groups is 1. The van der Waals surface area contributed by atoms with Crippen LogP contribution < -0.4 is 10.1 Å². The normalized spacial score (nSPS) is 16.1. The second kappa shape index (κ2) is 6.48. The first kappa shape index (κ1) is 16.1. The zero-order valence-electron chi connectivity index (χ0n) is 14.2. The molecule has 1 aromatic heterocycles. The van der Waals surface area contributed by atoms with Gasteiger partial charge in [-0.3, -0.25) is 4.79 Å². The van der Waals surface area contributed by atoms with Gasteiger partial charge in [0.2, 0.25) is 0 Å². The Morgan fingerprint density at radius 3 is 2.77 bits per heavy atom. The Morgan fingerprint density at radius 1 is 1.15 bits per heavy atom. The van der Waals surface area contributed by atoms with E-state index in [1.54, 1.807) is 41.5 Å². The molecule has 0 saturated heterocycles. The van der Waals surface area contributed by atoms with Gasteiger partial charge in [-0.2, -0.15) is 0 Å². The first-order valence-electron chi connectivity index (χ1n) is 8.24. The number of carbonyl (C=O) groups excluding carboxylic acids is 1. The van der Waals surface area contributed by atoms with E-state index in [4.69, 9.17) is 9.15 Å². The first-order chi connectivity index (χ1) is 12.7. The SMILES string of the molecule is COc1cccc([C@@H]2Nc3ccccc3C(=O)N2Cc2ccco2)c1O. The monoisotopic (exact) mass is 350 g/mol. The molecule has 0 unspecified atom stereocenters. The van der Waals surface area contributed by atoms with Crippen molar-refractivity contribution in [2.45, 2.75) is 12.7 Å². The van der Waals surface area contributed by atoms with E-state index < -0.39 is 6.17 Å². The Kier molecular flexibility index (Phi) is 4.01. The van der Waals surface area contributed by atoms with E-state index in [0.717, 1.165) is 5.69 Å². The molecule has 2 heterocycles. The summed E-state index contributed by atoms with van der Waals surface area (Å²) >= 11 is 0. The van der Waals surface area contributed by atoms with E-state index in [1.165, 1.54) is 7.11 Å². The van der Waals surface area contributed by atoms with Crippen molar-refractivity contribution in [1.29, 1.82) is 0 Å². The largest absolute Gasteiger partial charge is 0.504 e. The van der Waals surface area contributed by atoms with Gasteiger partial charge >= 0.3 is 0 Å². The topological polar surface area (TPSA) is 74.9 Å². The van der Waals surface area contributed by atoms with Crippen LogP contribution in [0.4, 0.5) is 5.69 Å². The molecule has 1 aliphatic heterocycles. The van der Waals surface area contributed by atoms with Gasteiger partial charge in [-0.05, 0) is 30.3 Å². The van der Waals surface area contributed by atoms with Crippen molar-refractivity contribution in [3.8, 4) is 11.5 Å². The molecule has 132 valence electrons. The summed E-state index contributed by atoms with van der Waals surface area (Å²) in [5.41, 5.74) is 1.86. The number of hydrogen-bond acceptors (Lipinski definition) is 5. The maximum absolute atomic E-state index is 13.1. The molecule has 2 aromatic carbocycles. The zero-order chi connectivity index (χ0) is 18.1. The number of furan rings is 1. The third-order valence-electron chi connectivity index (χ3n) is 4.47. The molecule has 6 nitrogen and oxygen atoms in total. The van der Waals surface area contributed by atoms with Gasteiger partial charge in [-0.15, -0.1) is 0 Å². The van der Waals surface area contributed by atoms with Crippen molar-refractivity contribution >= 4 is 11.6 Å². The highest BCUT2D eigenvalue weighted by atomic mass is 16.5. The van der Waals surface area contributed by atoms with Crippen LogP contribution in [-0.2, 0) is 6.54 Å². The van der Waals surface area contributed by atoms with E-state index in [1.807, 2.05) is 24.3 Å². The lowest BCUT2D eigenvalue weighted by Gasteiger charge is -2.38. The maximum Gasteiger partial charge on any atom is 0.258 e. The number of anilines is 1. The Morgan fingerprint density at radius 2 is 2.00 bits per heavy atom. The van der Waals surface area contributed by atoms with Crippen LogP contribution in [0.5, 0.6) is 11.5 Å². The van der Waals surface area contributed by atoms with Gasteiger partial charge in [0.15, 0.2) is 11.5 Å². The van der Waals surface area contributed by atoms with Crippen molar-refractivity contribution in [3.05, 3.63) is 77.7 Å². The van der Waals surface area contributed by atoms with Crippen LogP contribution in [0.2, 0.25) is 0 Å². The number of para-hydroxylation sites is 2. The Hall–Kier alpha value is -3.41. The second-order valence-corrected chi connectivity index (χ2v) is 6.00. The molecular formula is C20H18N2O4. The predicted octanol–water partition coefficient (Wildman–Crippen LogP) is 3.76. The highest BCUT2D eigenvalue weighted by Gasteiger charge is 2.35. The molecule has 3 aromatic rings. The average molecular weight is 350 g/mol. The molecule has 0 saturated carbocycles. The van der Waals surface area contributed by atoms with Crippen LogP contribution in [0, 0.1) is 0 Å². The van der Waals surface area contributed by atoms with Crippen LogP contribution in [0.3, 0.4) is 0 Å². The number of aromatic hydroxyl groups is 1. The summed E-state index contributed by atoms with van der Waals surface area (Å²) in [5, 5.41) is 13.9. The van der Waals surface area contributed by atoms with Gasteiger partial charge in [0, 0.05) is 11.3 Å². The van der Waals surface area contributed by atoms with Crippen LogP contribution in [0.1, 0.15) is 27.8 Å². The summed E-state index contributed by atoms with van der Waals surface area (Å²) in [6, 6.07) is 16.1. The van der Waals surface area contributed by atoms with Gasteiger partial charge in [-0.1, -0.05) is 24.3 Å². The number of rotatable bonds is 4. The fraction of sp³-hybridized carbons (Fsp3) is 0.150. The molecule has 4 rings (SSSR count). The lowest BCUT2D eigenvalue weighted by atomic mass is 10.0. The third-order valence-corrected chi connectivity index (χ3v) is 4.47. The van der Waals surface area contributed by atoms with Crippen LogP contribution in [-0.4, -0.2) is 23.0 Å². The third kappa shape index (κ3) is 2.65. The number of hydrogen-bond donors (Lipinski definition) is 2. The Bertz CT molecular complexity index is 937. The number of ether oxygens (including phenoxy) is 1. The van der Waals surface area contributed by atoms with Gasteiger partial charge in [0.05, 0.1) is 25.5 Å². The smallest absolute Gasteiger partial charge is 0.258 e. The van der Waals surface area contributed by atoms with Crippen LogP contribution in [0.25, 0.3) is 0 Å². The molecule has 0 bridgehead atoms. The van der Waals surface area contributed by atoms with Crippen molar-refractivity contribution in [2.75, 3.05) is 12.4 Å². The molecule has 0 spiro atoms. The molecule has 2 N–H and O–H groups in total. The fourth-order valence-electron chi connectivity index (χ4n) is 3.20. The summed E-state index contributed by atoms with van der Waals surface area (Å²) in [4.78, 5) is 14.8. The minimum atomic E-state index is -0.558. The first-order valence-corrected chi connectivity index (χ1v) is 8.24. The van der Waals surface area contributed by atoms with E-state index in [0.29, 0.717) is 22.6 Å². The number of benzene rings is 2. The number of nitrogens with one attached hydrogen (secondary N) is 1. The minimum absolute atomic E-state index is 0.00382. The summed E-state index contributed by atoms with van der Waals surface area (Å²) in [6.45, 7) is 0.272. The van der Waals surface area contributed by atoms with Crippen LogP contribution >= 0.6 is 0 Å². The molecule has 0 aliphatic carbocycles. The second-order valence-electron chi connectivity index (χ2n) is 6.00. The van der Waals surface area contributed by atoms with Crippen molar-refractivity contribution in [1.82, 2.24) is 4.90 Å². The number of methoxy groups -OCH3 is 1. The summed E-state index contributed by atoms with van der Waals surface area (Å²) in [5.74, 6) is 0.882. The van der Waals surface area contributed by atoms with E-state index in [-0.39, 0.29) is 18.2 Å². The number of phenolic OH excluding ortho intramolecular Hbond substituents is 1. The van der Waals surface area contributed by atoms with Gasteiger partial charge in [0.1, 0.15) is 11.9 Å². The number of phenols is 1. The molecule has 0 radical (unpaired) electrons. The number of fused-ring (bicyclic) bond motifs is 1. The molecule has 1 aliphatic rings. The lowest BCUT2D eigenvalue weighted by Crippen LogP contribution is -2.42. The standard InChI is InChI=1S/C20H18N2O4/c1-25-17-10-4-8-15(18(17)23)19-21-16-9-3-2-7-14(16)20(24)22(19)12-13-6-5-11-26-13/h2-11,19,21,23H,12H2,1H3/t19-/m1/s1. The quantitative estimate of drug-likeness (QED) is 0.749. The highest BCUT2D eigenvalue weighted by Crippen LogP contribution is 2.40. The van der Waals surface area contributed by atoms with Crippen molar-refractivity contribution in [2.24, 2.45) is 0 Å². The molecule has 26 heavy (non-hydrogen) atoms. The fourth-order valence-corrected chi connectivity index (χ4v) is 3.20. The zero-order valence-corrected chi connectivity index (χ0v) is 14.2. The summed E-state index contributed by atoms with van der Waals surface area (Å²) < 4.78 is 10.6. The lowest BCUT2D eigenvalue weighted by molar-refractivity contribution is 0.0649. The number of amides is 1. The molecular weight excluding hydrogens is 332 g/mol. The molecule has 1 atom stereocenters. The minimum Gasteiger partial charge on any atom is -0.504 e.